The number of benzene rings is 1. The van der Waals surface area contributed by atoms with Crippen LogP contribution in [0.1, 0.15) is 29.9 Å². The highest BCUT2D eigenvalue weighted by Gasteiger charge is 2.21. The third kappa shape index (κ3) is 2.41. The summed E-state index contributed by atoms with van der Waals surface area (Å²) in [5.41, 5.74) is 3.19. The molecule has 0 aliphatic heterocycles. The fourth-order valence-electron chi connectivity index (χ4n) is 2.40. The lowest BCUT2D eigenvalue weighted by Crippen LogP contribution is -2.21. The van der Waals surface area contributed by atoms with E-state index in [1.54, 1.807) is 6.26 Å². The van der Waals surface area contributed by atoms with Gasteiger partial charge in [0.1, 0.15) is 11.3 Å². The Morgan fingerprint density at radius 3 is 2.80 bits per heavy atom. The van der Waals surface area contributed by atoms with Crippen molar-refractivity contribution in [2.45, 2.75) is 19.9 Å². The minimum Gasteiger partial charge on any atom is -0.459 e. The van der Waals surface area contributed by atoms with Crippen LogP contribution in [0.25, 0.3) is 11.0 Å². The zero-order valence-electron chi connectivity index (χ0n) is 11.4. The van der Waals surface area contributed by atoms with E-state index in [0.717, 1.165) is 33.5 Å². The molecule has 1 aromatic carbocycles. The van der Waals surface area contributed by atoms with Crippen molar-refractivity contribution < 1.29 is 8.83 Å². The summed E-state index contributed by atoms with van der Waals surface area (Å²) < 4.78 is 12.1. The molecule has 0 spiro atoms. The second-order valence-corrected chi connectivity index (χ2v) is 5.55. The lowest BCUT2D eigenvalue weighted by atomic mass is 10.1. The number of hydrogen-bond acceptors (Lipinski definition) is 3. The Hall–Kier alpha value is -1.52. The predicted octanol–water partition coefficient (Wildman–Crippen LogP) is 4.80. The average molecular weight is 334 g/mol. The summed E-state index contributed by atoms with van der Waals surface area (Å²) in [7, 11) is 0. The fraction of sp³-hybridized carbons (Fsp3) is 0.250. The van der Waals surface area contributed by atoms with Crippen molar-refractivity contribution in [3.05, 3.63) is 58.2 Å². The molecule has 0 radical (unpaired) electrons. The average Bonchev–Trinajstić information content (AvgIpc) is 3.01. The summed E-state index contributed by atoms with van der Waals surface area (Å²) >= 11 is 3.44. The van der Waals surface area contributed by atoms with E-state index in [-0.39, 0.29) is 6.04 Å². The fourth-order valence-corrected chi connectivity index (χ4v) is 2.87. The van der Waals surface area contributed by atoms with Gasteiger partial charge in [0.2, 0.25) is 0 Å². The highest BCUT2D eigenvalue weighted by Crippen LogP contribution is 2.33. The Balaban J connectivity index is 2.07. The molecule has 3 rings (SSSR count). The Labute approximate surface area is 126 Å². The van der Waals surface area contributed by atoms with Crippen molar-refractivity contribution in [1.29, 1.82) is 0 Å². The molecule has 3 aromatic rings. The van der Waals surface area contributed by atoms with Gasteiger partial charge in [-0.25, -0.2) is 0 Å². The van der Waals surface area contributed by atoms with Crippen LogP contribution < -0.4 is 5.32 Å². The number of halogens is 1. The lowest BCUT2D eigenvalue weighted by Gasteiger charge is -2.14. The molecule has 0 amide bonds. The first-order chi connectivity index (χ1) is 9.69. The second-order valence-electron chi connectivity index (χ2n) is 4.83. The summed E-state index contributed by atoms with van der Waals surface area (Å²) in [6.45, 7) is 5.01. The Bertz CT molecular complexity index is 729. The van der Waals surface area contributed by atoms with Gasteiger partial charge in [-0.15, -0.1) is 0 Å². The van der Waals surface area contributed by atoms with Crippen LogP contribution >= 0.6 is 15.9 Å². The molecule has 0 fully saturated rings. The van der Waals surface area contributed by atoms with E-state index in [9.17, 15) is 0 Å². The lowest BCUT2D eigenvalue weighted by molar-refractivity contribution is 0.467. The number of rotatable bonds is 4. The molecule has 1 unspecified atom stereocenters. The van der Waals surface area contributed by atoms with E-state index in [4.69, 9.17) is 8.83 Å². The van der Waals surface area contributed by atoms with Crippen molar-refractivity contribution in [2.75, 3.05) is 6.54 Å². The normalized spacial score (nSPS) is 12.9. The zero-order chi connectivity index (χ0) is 14.1. The molecule has 0 aliphatic rings. The molecule has 4 heteroatoms. The molecule has 2 aromatic heterocycles. The van der Waals surface area contributed by atoms with Crippen molar-refractivity contribution in [2.24, 2.45) is 0 Å². The summed E-state index contributed by atoms with van der Waals surface area (Å²) in [4.78, 5) is 0. The predicted molar refractivity (Wildman–Crippen MR) is 82.9 cm³/mol. The number of nitrogens with one attached hydrogen (secondary N) is 1. The molecule has 20 heavy (non-hydrogen) atoms. The summed E-state index contributed by atoms with van der Waals surface area (Å²) in [5, 5.41) is 4.56. The highest BCUT2D eigenvalue weighted by atomic mass is 79.9. The maximum Gasteiger partial charge on any atom is 0.174 e. The molecular formula is C16H16BrNO2. The minimum absolute atomic E-state index is 0.0131. The van der Waals surface area contributed by atoms with Crippen LogP contribution in [0.3, 0.4) is 0 Å². The molecule has 0 aliphatic carbocycles. The number of hydrogen-bond donors (Lipinski definition) is 1. The first-order valence-corrected chi connectivity index (χ1v) is 7.44. The van der Waals surface area contributed by atoms with Gasteiger partial charge in [0.15, 0.2) is 4.67 Å². The molecule has 0 saturated heterocycles. The second kappa shape index (κ2) is 5.46. The van der Waals surface area contributed by atoms with Crippen LogP contribution in [0.15, 0.2) is 50.1 Å². The van der Waals surface area contributed by atoms with Crippen molar-refractivity contribution >= 4 is 26.9 Å². The van der Waals surface area contributed by atoms with E-state index < -0.39 is 0 Å². The van der Waals surface area contributed by atoms with Gasteiger partial charge in [0.05, 0.1) is 12.3 Å². The van der Waals surface area contributed by atoms with Gasteiger partial charge in [0, 0.05) is 10.9 Å². The van der Waals surface area contributed by atoms with Crippen molar-refractivity contribution in [3.8, 4) is 0 Å². The Morgan fingerprint density at radius 1 is 1.25 bits per heavy atom. The van der Waals surface area contributed by atoms with Crippen molar-refractivity contribution in [3.63, 3.8) is 0 Å². The van der Waals surface area contributed by atoms with E-state index in [0.29, 0.717) is 0 Å². The van der Waals surface area contributed by atoms with E-state index in [1.807, 2.05) is 12.1 Å². The molecule has 0 bridgehead atoms. The number of aryl methyl sites for hydroxylation is 1. The molecular weight excluding hydrogens is 318 g/mol. The Morgan fingerprint density at radius 2 is 2.10 bits per heavy atom. The minimum atomic E-state index is -0.0131. The summed E-state index contributed by atoms with van der Waals surface area (Å²) in [6.07, 6.45) is 1.68. The van der Waals surface area contributed by atoms with Gasteiger partial charge in [0.25, 0.3) is 0 Å². The van der Waals surface area contributed by atoms with Gasteiger partial charge >= 0.3 is 0 Å². The summed E-state index contributed by atoms with van der Waals surface area (Å²) in [6, 6.07) is 10.2. The van der Waals surface area contributed by atoms with E-state index >= 15 is 0 Å². The molecule has 1 N–H and O–H groups in total. The smallest absolute Gasteiger partial charge is 0.174 e. The first kappa shape index (κ1) is 13.5. The molecule has 3 nitrogen and oxygen atoms in total. The Kier molecular flexibility index (Phi) is 3.68. The molecule has 1 atom stereocenters. The van der Waals surface area contributed by atoms with Crippen LogP contribution in [0.5, 0.6) is 0 Å². The first-order valence-electron chi connectivity index (χ1n) is 6.65. The highest BCUT2D eigenvalue weighted by molar-refractivity contribution is 9.10. The maximum absolute atomic E-state index is 5.99. The summed E-state index contributed by atoms with van der Waals surface area (Å²) in [5.74, 6) is 0.898. The van der Waals surface area contributed by atoms with Crippen molar-refractivity contribution in [1.82, 2.24) is 5.32 Å². The standard InChI is InChI=1S/C16H16BrNO2/c1-3-18-15(12-6-7-19-16(12)17)14-9-11-8-10(2)4-5-13(11)20-14/h4-9,15,18H,3H2,1-2H3. The van der Waals surface area contributed by atoms with E-state index in [2.05, 4.69) is 53.3 Å². The van der Waals surface area contributed by atoms with Crippen LogP contribution in [0.2, 0.25) is 0 Å². The molecule has 2 heterocycles. The van der Waals surface area contributed by atoms with Gasteiger partial charge in [-0.1, -0.05) is 18.6 Å². The van der Waals surface area contributed by atoms with Crippen LogP contribution in [-0.2, 0) is 0 Å². The maximum atomic E-state index is 5.99. The topological polar surface area (TPSA) is 38.3 Å². The number of furan rings is 2. The van der Waals surface area contributed by atoms with E-state index in [1.165, 1.54) is 5.56 Å². The van der Waals surface area contributed by atoms with Gasteiger partial charge in [-0.2, -0.15) is 0 Å². The quantitative estimate of drug-likeness (QED) is 0.745. The van der Waals surface area contributed by atoms with Crippen LogP contribution in [0.4, 0.5) is 0 Å². The third-order valence-electron chi connectivity index (χ3n) is 3.34. The monoisotopic (exact) mass is 333 g/mol. The largest absolute Gasteiger partial charge is 0.459 e. The molecule has 104 valence electrons. The van der Waals surface area contributed by atoms with Crippen LogP contribution in [-0.4, -0.2) is 6.54 Å². The van der Waals surface area contributed by atoms with Gasteiger partial charge in [-0.05, 0) is 53.7 Å². The SMILES string of the molecule is CCNC(c1cc2cc(C)ccc2o1)c1ccoc1Br. The van der Waals surface area contributed by atoms with Gasteiger partial charge in [-0.3, -0.25) is 0 Å². The number of fused-ring (bicyclic) bond motifs is 1. The zero-order valence-corrected chi connectivity index (χ0v) is 13.0. The van der Waals surface area contributed by atoms with Crippen LogP contribution in [0, 0.1) is 6.92 Å². The molecule has 0 saturated carbocycles. The van der Waals surface area contributed by atoms with Gasteiger partial charge < -0.3 is 14.2 Å². The third-order valence-corrected chi connectivity index (χ3v) is 3.99.